The van der Waals surface area contributed by atoms with Crippen LogP contribution in [0.25, 0.3) is 0 Å². The summed E-state index contributed by atoms with van der Waals surface area (Å²) in [5, 5.41) is 24.4. The van der Waals surface area contributed by atoms with Crippen molar-refractivity contribution in [1.29, 1.82) is 5.41 Å². The Labute approximate surface area is 163 Å². The van der Waals surface area contributed by atoms with Crippen LogP contribution in [-0.2, 0) is 0 Å². The van der Waals surface area contributed by atoms with Crippen molar-refractivity contribution in [3.8, 4) is 0 Å². The van der Waals surface area contributed by atoms with Gasteiger partial charge in [0.15, 0.2) is 0 Å². The molecule has 6 N–H and O–H groups in total. The van der Waals surface area contributed by atoms with Crippen molar-refractivity contribution in [2.75, 3.05) is 36.9 Å². The summed E-state index contributed by atoms with van der Waals surface area (Å²) >= 11 is 0. The van der Waals surface area contributed by atoms with Crippen LogP contribution >= 0.6 is 0 Å². The Hall–Kier alpha value is -2.45. The SMILES string of the molecule is N=C/C(=C1/Nc2cc(F)cc(C(N)=O)c2N1)C1(CO)CCN(CC2CC2)CC1. The van der Waals surface area contributed by atoms with Crippen molar-refractivity contribution in [2.24, 2.45) is 17.1 Å². The normalized spacial score (nSPS) is 22.8. The predicted molar refractivity (Wildman–Crippen MR) is 106 cm³/mol. The molecule has 2 aliphatic heterocycles. The van der Waals surface area contributed by atoms with Gasteiger partial charge < -0.3 is 31.8 Å². The largest absolute Gasteiger partial charge is 0.395 e. The van der Waals surface area contributed by atoms with Gasteiger partial charge in [-0.15, -0.1) is 0 Å². The van der Waals surface area contributed by atoms with Gasteiger partial charge in [0.1, 0.15) is 11.6 Å². The van der Waals surface area contributed by atoms with Gasteiger partial charge in [-0.05, 0) is 56.8 Å². The molecule has 7 nitrogen and oxygen atoms in total. The van der Waals surface area contributed by atoms with Gasteiger partial charge >= 0.3 is 0 Å². The summed E-state index contributed by atoms with van der Waals surface area (Å²) in [5.41, 5.74) is 6.33. The lowest BCUT2D eigenvalue weighted by molar-refractivity contribution is 0.0736. The zero-order valence-electron chi connectivity index (χ0n) is 15.7. The number of amides is 1. The van der Waals surface area contributed by atoms with Gasteiger partial charge in [0.2, 0.25) is 0 Å². The molecule has 3 aliphatic rings. The molecule has 8 heteroatoms. The second-order valence-corrected chi connectivity index (χ2v) is 8.11. The maximum Gasteiger partial charge on any atom is 0.250 e. The second-order valence-electron chi connectivity index (χ2n) is 8.11. The molecule has 0 atom stereocenters. The second kappa shape index (κ2) is 7.18. The van der Waals surface area contributed by atoms with Crippen LogP contribution < -0.4 is 16.4 Å². The third-order valence-electron chi connectivity index (χ3n) is 6.19. The van der Waals surface area contributed by atoms with E-state index in [1.807, 2.05) is 0 Å². The van der Waals surface area contributed by atoms with Crippen molar-refractivity contribution >= 4 is 23.5 Å². The van der Waals surface area contributed by atoms with Gasteiger partial charge in [0, 0.05) is 23.7 Å². The summed E-state index contributed by atoms with van der Waals surface area (Å²) in [7, 11) is 0. The summed E-state index contributed by atoms with van der Waals surface area (Å²) in [4.78, 5) is 14.1. The van der Waals surface area contributed by atoms with E-state index < -0.39 is 17.1 Å². The van der Waals surface area contributed by atoms with E-state index in [0.717, 1.165) is 44.5 Å². The molecule has 1 saturated carbocycles. The van der Waals surface area contributed by atoms with Crippen molar-refractivity contribution in [3.05, 3.63) is 34.9 Å². The summed E-state index contributed by atoms with van der Waals surface area (Å²) in [6.07, 6.45) is 5.33. The number of carbonyl (C=O) groups excluding carboxylic acids is 1. The van der Waals surface area contributed by atoms with Crippen LogP contribution in [0.5, 0.6) is 0 Å². The number of carbonyl (C=O) groups is 1. The molecule has 28 heavy (non-hydrogen) atoms. The van der Waals surface area contributed by atoms with E-state index in [2.05, 4.69) is 15.5 Å². The van der Waals surface area contributed by atoms with Gasteiger partial charge in [-0.3, -0.25) is 4.79 Å². The number of aliphatic hydroxyl groups is 1. The quantitative estimate of drug-likeness (QED) is 0.480. The third kappa shape index (κ3) is 3.38. The number of halogens is 1. The zero-order chi connectivity index (χ0) is 19.9. The molecule has 2 fully saturated rings. The number of hydrogen-bond acceptors (Lipinski definition) is 6. The molecule has 0 radical (unpaired) electrons. The molecule has 1 amide bonds. The molecule has 0 spiro atoms. The van der Waals surface area contributed by atoms with Gasteiger partial charge in [-0.2, -0.15) is 0 Å². The summed E-state index contributed by atoms with van der Waals surface area (Å²) in [5.74, 6) is 0.0254. The van der Waals surface area contributed by atoms with Gasteiger partial charge in [-0.25, -0.2) is 4.39 Å². The monoisotopic (exact) mass is 387 g/mol. The molecule has 2 heterocycles. The van der Waals surface area contributed by atoms with Gasteiger partial charge in [-0.1, -0.05) is 0 Å². The van der Waals surface area contributed by atoms with Crippen LogP contribution in [0.2, 0.25) is 0 Å². The molecule has 0 unspecified atom stereocenters. The Bertz CT molecular complexity index is 841. The topological polar surface area (TPSA) is 114 Å². The number of rotatable bonds is 6. The third-order valence-corrected chi connectivity index (χ3v) is 6.19. The summed E-state index contributed by atoms with van der Waals surface area (Å²) in [6.45, 7) is 2.78. The number of piperidine rings is 1. The molecule has 1 saturated heterocycles. The van der Waals surface area contributed by atoms with Crippen molar-refractivity contribution in [1.82, 2.24) is 4.90 Å². The zero-order valence-corrected chi connectivity index (χ0v) is 15.7. The smallest absolute Gasteiger partial charge is 0.250 e. The first-order valence-corrected chi connectivity index (χ1v) is 9.71. The maximum absolute atomic E-state index is 13.9. The highest BCUT2D eigenvalue weighted by Crippen LogP contribution is 2.43. The van der Waals surface area contributed by atoms with Gasteiger partial charge in [0.05, 0.1) is 23.5 Å². The van der Waals surface area contributed by atoms with Crippen molar-refractivity contribution in [2.45, 2.75) is 25.7 Å². The summed E-state index contributed by atoms with van der Waals surface area (Å²) in [6, 6.07) is 2.38. The van der Waals surface area contributed by atoms with Crippen LogP contribution in [0, 0.1) is 22.6 Å². The molecule has 1 aliphatic carbocycles. The van der Waals surface area contributed by atoms with E-state index in [1.54, 1.807) is 0 Å². The average Bonchev–Trinajstić information content (AvgIpc) is 3.40. The van der Waals surface area contributed by atoms with E-state index in [1.165, 1.54) is 25.1 Å². The van der Waals surface area contributed by atoms with Crippen LogP contribution in [0.3, 0.4) is 0 Å². The molecule has 1 aromatic rings. The Morgan fingerprint density at radius 2 is 2.07 bits per heavy atom. The Balaban J connectivity index is 1.62. The van der Waals surface area contributed by atoms with Crippen molar-refractivity contribution in [3.63, 3.8) is 0 Å². The Morgan fingerprint density at radius 1 is 1.36 bits per heavy atom. The first kappa shape index (κ1) is 18.9. The van der Waals surface area contributed by atoms with Crippen LogP contribution in [-0.4, -0.2) is 48.4 Å². The fraction of sp³-hybridized carbons (Fsp3) is 0.500. The number of nitrogens with one attached hydrogen (secondary N) is 3. The average molecular weight is 387 g/mol. The number of aliphatic hydroxyl groups excluding tert-OH is 1. The number of anilines is 2. The number of primary amides is 1. The fourth-order valence-corrected chi connectivity index (χ4v) is 4.29. The highest BCUT2D eigenvalue weighted by molar-refractivity contribution is 6.04. The number of hydrogen-bond donors (Lipinski definition) is 5. The molecular formula is C20H26FN5O2. The lowest BCUT2D eigenvalue weighted by atomic mass is 9.73. The van der Waals surface area contributed by atoms with Crippen LogP contribution in [0.4, 0.5) is 15.8 Å². The molecular weight excluding hydrogens is 361 g/mol. The number of benzene rings is 1. The van der Waals surface area contributed by atoms with Crippen molar-refractivity contribution < 1.29 is 14.3 Å². The minimum absolute atomic E-state index is 0.0548. The first-order chi connectivity index (χ1) is 13.5. The lowest BCUT2D eigenvalue weighted by Crippen LogP contribution is -2.44. The molecule has 0 bridgehead atoms. The van der Waals surface area contributed by atoms with E-state index in [-0.39, 0.29) is 12.2 Å². The fourth-order valence-electron chi connectivity index (χ4n) is 4.29. The highest BCUT2D eigenvalue weighted by atomic mass is 19.1. The predicted octanol–water partition coefficient (Wildman–Crippen LogP) is 2.11. The Morgan fingerprint density at radius 3 is 2.64 bits per heavy atom. The molecule has 0 aromatic heterocycles. The van der Waals surface area contributed by atoms with E-state index in [9.17, 15) is 14.3 Å². The lowest BCUT2D eigenvalue weighted by Gasteiger charge is -2.42. The highest BCUT2D eigenvalue weighted by Gasteiger charge is 2.40. The first-order valence-electron chi connectivity index (χ1n) is 9.71. The minimum atomic E-state index is -0.729. The molecule has 4 rings (SSSR count). The number of likely N-dealkylation sites (tertiary alicyclic amines) is 1. The summed E-state index contributed by atoms with van der Waals surface area (Å²) < 4.78 is 13.9. The standard InChI is InChI=1S/C20H26FN5O2/c21-13-7-14(18(23)28)17-16(8-13)24-19(25-17)15(9-22)20(11-27)3-5-26(6-4-20)10-12-1-2-12/h7-9,12,22,24-25,27H,1-6,10-11H2,(H2,23,28)/b19-15+,22-9?. The minimum Gasteiger partial charge on any atom is -0.395 e. The van der Waals surface area contributed by atoms with E-state index in [0.29, 0.717) is 22.8 Å². The number of fused-ring (bicyclic) bond motifs is 1. The Kier molecular flexibility index (Phi) is 4.84. The maximum atomic E-state index is 13.9. The van der Waals surface area contributed by atoms with E-state index >= 15 is 0 Å². The van der Waals surface area contributed by atoms with Crippen LogP contribution in [0.1, 0.15) is 36.0 Å². The van der Waals surface area contributed by atoms with E-state index in [4.69, 9.17) is 11.1 Å². The van der Waals surface area contributed by atoms with Crippen LogP contribution in [0.15, 0.2) is 23.5 Å². The number of nitrogens with two attached hydrogens (primary N) is 1. The van der Waals surface area contributed by atoms with Gasteiger partial charge in [0.25, 0.3) is 5.91 Å². The number of nitrogens with zero attached hydrogens (tertiary/aromatic N) is 1. The molecule has 150 valence electrons. The molecule has 1 aromatic carbocycles.